The monoisotopic (exact) mass is 298 g/mol. The van der Waals surface area contributed by atoms with Gasteiger partial charge in [-0.05, 0) is 19.1 Å². The van der Waals surface area contributed by atoms with Crippen molar-refractivity contribution in [2.24, 2.45) is 0 Å². The van der Waals surface area contributed by atoms with Crippen LogP contribution in [0.1, 0.15) is 21.1 Å². The van der Waals surface area contributed by atoms with Gasteiger partial charge in [0.2, 0.25) is 0 Å². The Hall–Kier alpha value is -1.46. The van der Waals surface area contributed by atoms with E-state index in [9.17, 15) is 9.18 Å². The number of carbonyl (C=O) groups excluding carboxylic acids is 1. The number of hydrogen-bond acceptors (Lipinski definition) is 3. The number of aromatic nitrogens is 1. The molecule has 1 heterocycles. The van der Waals surface area contributed by atoms with Crippen LogP contribution in [0.25, 0.3) is 0 Å². The maximum absolute atomic E-state index is 13.5. The molecule has 100 valence electrons. The summed E-state index contributed by atoms with van der Waals surface area (Å²) in [5.74, 6) is -1.12. The number of halogens is 2. The van der Waals surface area contributed by atoms with Crippen molar-refractivity contribution in [3.05, 3.63) is 50.7 Å². The molecule has 0 unspecified atom stereocenters. The SMILES string of the molecule is Cc1nc(CCNC(=O)c2c(F)cccc2Cl)cs1. The first-order valence-electron chi connectivity index (χ1n) is 5.71. The van der Waals surface area contributed by atoms with Crippen molar-refractivity contribution < 1.29 is 9.18 Å². The normalized spacial score (nSPS) is 10.5. The van der Waals surface area contributed by atoms with Gasteiger partial charge < -0.3 is 5.32 Å². The third kappa shape index (κ3) is 3.52. The molecule has 0 radical (unpaired) electrons. The molecule has 0 saturated heterocycles. The minimum atomic E-state index is -0.616. The van der Waals surface area contributed by atoms with E-state index in [-0.39, 0.29) is 10.6 Å². The van der Waals surface area contributed by atoms with E-state index in [2.05, 4.69) is 10.3 Å². The number of amides is 1. The fourth-order valence-electron chi connectivity index (χ4n) is 1.63. The lowest BCUT2D eigenvalue weighted by molar-refractivity contribution is 0.0950. The Labute approximate surface area is 119 Å². The highest BCUT2D eigenvalue weighted by molar-refractivity contribution is 7.09. The first kappa shape index (κ1) is 14.0. The molecule has 0 fully saturated rings. The molecule has 1 amide bonds. The molecular weight excluding hydrogens is 287 g/mol. The number of carbonyl (C=O) groups is 1. The van der Waals surface area contributed by atoms with Crippen molar-refractivity contribution in [3.63, 3.8) is 0 Å². The van der Waals surface area contributed by atoms with Crippen LogP contribution in [0.5, 0.6) is 0 Å². The number of nitrogens with zero attached hydrogens (tertiary/aromatic N) is 1. The van der Waals surface area contributed by atoms with Crippen LogP contribution in [0.4, 0.5) is 4.39 Å². The molecule has 2 rings (SSSR count). The second-order valence-electron chi connectivity index (χ2n) is 3.96. The number of benzene rings is 1. The zero-order valence-corrected chi connectivity index (χ0v) is 11.8. The average molecular weight is 299 g/mol. The number of rotatable bonds is 4. The molecule has 0 saturated carbocycles. The minimum absolute atomic E-state index is 0.112. The molecular formula is C13H12ClFN2OS. The molecule has 19 heavy (non-hydrogen) atoms. The van der Waals surface area contributed by atoms with E-state index >= 15 is 0 Å². The van der Waals surface area contributed by atoms with Crippen molar-refractivity contribution >= 4 is 28.8 Å². The second-order valence-corrected chi connectivity index (χ2v) is 5.43. The van der Waals surface area contributed by atoms with Gasteiger partial charge in [-0.25, -0.2) is 9.37 Å². The van der Waals surface area contributed by atoms with Gasteiger partial charge in [0, 0.05) is 18.3 Å². The van der Waals surface area contributed by atoms with Crippen LogP contribution in [0.2, 0.25) is 5.02 Å². The van der Waals surface area contributed by atoms with Crippen LogP contribution in [0.15, 0.2) is 23.6 Å². The Bertz CT molecular complexity index is 580. The second kappa shape index (κ2) is 6.12. The summed E-state index contributed by atoms with van der Waals surface area (Å²) in [4.78, 5) is 16.1. The molecule has 2 aromatic rings. The van der Waals surface area contributed by atoms with Crippen LogP contribution < -0.4 is 5.32 Å². The van der Waals surface area contributed by atoms with E-state index in [1.54, 1.807) is 11.3 Å². The Kier molecular flexibility index (Phi) is 4.50. The Morgan fingerprint density at radius 1 is 1.53 bits per heavy atom. The number of hydrogen-bond donors (Lipinski definition) is 1. The van der Waals surface area contributed by atoms with Crippen LogP contribution >= 0.6 is 22.9 Å². The first-order valence-corrected chi connectivity index (χ1v) is 6.97. The highest BCUT2D eigenvalue weighted by Gasteiger charge is 2.15. The third-order valence-electron chi connectivity index (χ3n) is 2.52. The Morgan fingerprint density at radius 2 is 2.32 bits per heavy atom. The van der Waals surface area contributed by atoms with Crippen LogP contribution in [-0.4, -0.2) is 17.4 Å². The van der Waals surface area contributed by atoms with Gasteiger partial charge in [-0.3, -0.25) is 4.79 Å². The smallest absolute Gasteiger partial charge is 0.255 e. The molecule has 0 spiro atoms. The predicted octanol–water partition coefficient (Wildman–Crippen LogP) is 3.22. The lowest BCUT2D eigenvalue weighted by Gasteiger charge is -2.06. The molecule has 0 atom stereocenters. The maximum atomic E-state index is 13.5. The average Bonchev–Trinajstić information content (AvgIpc) is 2.75. The topological polar surface area (TPSA) is 42.0 Å². The summed E-state index contributed by atoms with van der Waals surface area (Å²) in [6.07, 6.45) is 0.613. The molecule has 6 heteroatoms. The molecule has 0 aliphatic carbocycles. The summed E-state index contributed by atoms with van der Waals surface area (Å²) in [7, 11) is 0. The molecule has 0 aliphatic rings. The lowest BCUT2D eigenvalue weighted by atomic mass is 10.2. The van der Waals surface area contributed by atoms with Crippen molar-refractivity contribution in [1.82, 2.24) is 10.3 Å². The summed E-state index contributed by atoms with van der Waals surface area (Å²) in [6, 6.07) is 4.17. The standard InChI is InChI=1S/C13H12ClFN2OS/c1-8-17-9(7-19-8)5-6-16-13(18)12-10(14)3-2-4-11(12)15/h2-4,7H,5-6H2,1H3,(H,16,18). The van der Waals surface area contributed by atoms with Gasteiger partial charge in [0.05, 0.1) is 21.3 Å². The summed E-state index contributed by atoms with van der Waals surface area (Å²) in [6.45, 7) is 2.32. The molecule has 1 aromatic heterocycles. The van der Waals surface area contributed by atoms with Gasteiger partial charge >= 0.3 is 0 Å². The van der Waals surface area contributed by atoms with Crippen LogP contribution in [-0.2, 0) is 6.42 Å². The van der Waals surface area contributed by atoms with E-state index in [4.69, 9.17) is 11.6 Å². The fourth-order valence-corrected chi connectivity index (χ4v) is 2.53. The van der Waals surface area contributed by atoms with E-state index in [0.717, 1.165) is 10.7 Å². The zero-order valence-electron chi connectivity index (χ0n) is 10.2. The summed E-state index contributed by atoms with van der Waals surface area (Å²) < 4.78 is 13.5. The maximum Gasteiger partial charge on any atom is 0.255 e. The zero-order chi connectivity index (χ0) is 13.8. The largest absolute Gasteiger partial charge is 0.352 e. The quantitative estimate of drug-likeness (QED) is 0.942. The van der Waals surface area contributed by atoms with Gasteiger partial charge in [-0.15, -0.1) is 11.3 Å². The van der Waals surface area contributed by atoms with E-state index in [1.165, 1.54) is 18.2 Å². The van der Waals surface area contributed by atoms with Crippen LogP contribution in [0, 0.1) is 12.7 Å². The van der Waals surface area contributed by atoms with Gasteiger partial charge in [-0.1, -0.05) is 17.7 Å². The summed E-state index contributed by atoms with van der Waals surface area (Å²) in [5, 5.41) is 5.68. The lowest BCUT2D eigenvalue weighted by Crippen LogP contribution is -2.27. The number of aryl methyl sites for hydroxylation is 1. The van der Waals surface area contributed by atoms with Gasteiger partial charge in [0.15, 0.2) is 0 Å². The van der Waals surface area contributed by atoms with Gasteiger partial charge in [-0.2, -0.15) is 0 Å². The van der Waals surface area contributed by atoms with Crippen molar-refractivity contribution in [3.8, 4) is 0 Å². The predicted molar refractivity (Wildman–Crippen MR) is 74.3 cm³/mol. The Balaban J connectivity index is 1.94. The Morgan fingerprint density at radius 3 is 2.95 bits per heavy atom. The van der Waals surface area contributed by atoms with E-state index < -0.39 is 11.7 Å². The van der Waals surface area contributed by atoms with Crippen molar-refractivity contribution in [2.45, 2.75) is 13.3 Å². The highest BCUT2D eigenvalue weighted by atomic mass is 35.5. The van der Waals surface area contributed by atoms with Crippen molar-refractivity contribution in [1.29, 1.82) is 0 Å². The molecule has 1 N–H and O–H groups in total. The number of nitrogens with one attached hydrogen (secondary N) is 1. The molecule has 1 aromatic carbocycles. The molecule has 0 aliphatic heterocycles. The van der Waals surface area contributed by atoms with E-state index in [1.807, 2.05) is 12.3 Å². The first-order chi connectivity index (χ1) is 9.08. The number of thiazole rings is 1. The van der Waals surface area contributed by atoms with E-state index in [0.29, 0.717) is 13.0 Å². The third-order valence-corrected chi connectivity index (χ3v) is 3.66. The minimum Gasteiger partial charge on any atom is -0.352 e. The fraction of sp³-hybridized carbons (Fsp3) is 0.231. The highest BCUT2D eigenvalue weighted by Crippen LogP contribution is 2.18. The molecule has 0 bridgehead atoms. The summed E-state index contributed by atoms with van der Waals surface area (Å²) >= 11 is 7.37. The summed E-state index contributed by atoms with van der Waals surface area (Å²) in [5.41, 5.74) is 0.807. The van der Waals surface area contributed by atoms with Crippen LogP contribution in [0.3, 0.4) is 0 Å². The van der Waals surface area contributed by atoms with Gasteiger partial charge in [0.1, 0.15) is 5.82 Å². The van der Waals surface area contributed by atoms with Crippen molar-refractivity contribution in [2.75, 3.05) is 6.54 Å². The van der Waals surface area contributed by atoms with Gasteiger partial charge in [0.25, 0.3) is 5.91 Å². The molecule has 3 nitrogen and oxygen atoms in total.